The van der Waals surface area contributed by atoms with Crippen LogP contribution in [0.15, 0.2) is 24.4 Å². The third-order valence-electron chi connectivity index (χ3n) is 2.95. The number of nitrogens with one attached hydrogen (secondary N) is 1. The molecule has 1 aromatic carbocycles. The van der Waals surface area contributed by atoms with Gasteiger partial charge in [0.15, 0.2) is 0 Å². The molecule has 1 aromatic heterocycles. The van der Waals surface area contributed by atoms with Gasteiger partial charge in [-0.25, -0.2) is 4.98 Å². The molecule has 0 radical (unpaired) electrons. The molecule has 112 valence electrons. The van der Waals surface area contributed by atoms with Crippen molar-refractivity contribution in [3.05, 3.63) is 39.8 Å². The van der Waals surface area contributed by atoms with Gasteiger partial charge in [0.05, 0.1) is 19.2 Å². The second-order valence-electron chi connectivity index (χ2n) is 4.41. The number of benzene rings is 1. The third kappa shape index (κ3) is 3.72. The molecule has 1 heterocycles. The van der Waals surface area contributed by atoms with Gasteiger partial charge in [-0.3, -0.25) is 4.79 Å². The van der Waals surface area contributed by atoms with E-state index in [0.29, 0.717) is 30.0 Å². The van der Waals surface area contributed by atoms with E-state index in [1.807, 2.05) is 13.1 Å². The van der Waals surface area contributed by atoms with Gasteiger partial charge in [-0.15, -0.1) is 11.3 Å². The maximum atomic E-state index is 12.3. The van der Waals surface area contributed by atoms with E-state index in [1.165, 1.54) is 19.1 Å². The number of aromatic nitrogens is 1. The Morgan fingerprint density at radius 1 is 1.29 bits per heavy atom. The zero-order chi connectivity index (χ0) is 15.2. The average Bonchev–Trinajstić information content (AvgIpc) is 2.91. The number of aryl methyl sites for hydroxylation is 1. The Bertz CT molecular complexity index is 603. The van der Waals surface area contributed by atoms with Crippen molar-refractivity contribution in [1.29, 1.82) is 0 Å². The van der Waals surface area contributed by atoms with Crippen LogP contribution in [0.25, 0.3) is 0 Å². The van der Waals surface area contributed by atoms with E-state index in [4.69, 9.17) is 9.47 Å². The minimum Gasteiger partial charge on any atom is -0.496 e. The highest BCUT2D eigenvalue weighted by atomic mass is 32.1. The standard InChI is InChI=1S/C15H18N2O3S/c1-10-9-17-13(21-10)7-8-16-15(18)14-11(19-2)5-4-6-12(14)20-3/h4-6,9H,7-8H2,1-3H3,(H,16,18). The summed E-state index contributed by atoms with van der Waals surface area (Å²) in [6, 6.07) is 5.26. The molecule has 2 aromatic rings. The molecule has 0 bridgehead atoms. The minimum absolute atomic E-state index is 0.211. The van der Waals surface area contributed by atoms with Crippen LogP contribution >= 0.6 is 11.3 Å². The van der Waals surface area contributed by atoms with Crippen molar-refractivity contribution in [2.24, 2.45) is 0 Å². The monoisotopic (exact) mass is 306 g/mol. The highest BCUT2D eigenvalue weighted by Gasteiger charge is 2.17. The summed E-state index contributed by atoms with van der Waals surface area (Å²) < 4.78 is 10.5. The number of carbonyl (C=O) groups is 1. The first-order valence-corrected chi connectivity index (χ1v) is 7.38. The van der Waals surface area contributed by atoms with E-state index in [1.54, 1.807) is 29.5 Å². The van der Waals surface area contributed by atoms with Gasteiger partial charge < -0.3 is 14.8 Å². The number of amides is 1. The lowest BCUT2D eigenvalue weighted by atomic mass is 10.1. The predicted molar refractivity (Wildman–Crippen MR) is 82.4 cm³/mol. The summed E-state index contributed by atoms with van der Waals surface area (Å²) >= 11 is 1.64. The van der Waals surface area contributed by atoms with Crippen molar-refractivity contribution in [2.45, 2.75) is 13.3 Å². The van der Waals surface area contributed by atoms with Crippen molar-refractivity contribution in [3.63, 3.8) is 0 Å². The summed E-state index contributed by atoms with van der Waals surface area (Å²) in [5.41, 5.74) is 0.415. The van der Waals surface area contributed by atoms with Crippen molar-refractivity contribution >= 4 is 17.2 Å². The van der Waals surface area contributed by atoms with Gasteiger partial charge in [0.25, 0.3) is 5.91 Å². The Hall–Kier alpha value is -2.08. The number of hydrogen-bond acceptors (Lipinski definition) is 5. The summed E-state index contributed by atoms with van der Waals surface area (Å²) in [6.07, 6.45) is 2.55. The van der Waals surface area contributed by atoms with Gasteiger partial charge in [0.2, 0.25) is 0 Å². The molecule has 1 N–H and O–H groups in total. The molecule has 0 fully saturated rings. The second kappa shape index (κ2) is 7.08. The smallest absolute Gasteiger partial charge is 0.258 e. The Balaban J connectivity index is 2.03. The number of nitrogens with zero attached hydrogens (tertiary/aromatic N) is 1. The first-order chi connectivity index (χ1) is 10.2. The Morgan fingerprint density at radius 2 is 1.95 bits per heavy atom. The molecule has 0 spiro atoms. The number of rotatable bonds is 6. The summed E-state index contributed by atoms with van der Waals surface area (Å²) in [4.78, 5) is 17.8. The molecular weight excluding hydrogens is 288 g/mol. The number of ether oxygens (including phenoxy) is 2. The van der Waals surface area contributed by atoms with Crippen LogP contribution in [0.3, 0.4) is 0 Å². The van der Waals surface area contributed by atoms with Gasteiger partial charge in [-0.05, 0) is 19.1 Å². The van der Waals surface area contributed by atoms with E-state index in [2.05, 4.69) is 10.3 Å². The zero-order valence-electron chi connectivity index (χ0n) is 12.3. The quantitative estimate of drug-likeness (QED) is 0.890. The van der Waals surface area contributed by atoms with Crippen LogP contribution in [-0.2, 0) is 6.42 Å². The molecule has 1 amide bonds. The molecule has 0 aliphatic carbocycles. The van der Waals surface area contributed by atoms with Gasteiger partial charge in [-0.2, -0.15) is 0 Å². The van der Waals surface area contributed by atoms with E-state index in [-0.39, 0.29) is 5.91 Å². The van der Waals surface area contributed by atoms with Crippen LogP contribution in [-0.4, -0.2) is 31.7 Å². The summed E-state index contributed by atoms with van der Waals surface area (Å²) in [5.74, 6) is 0.784. The van der Waals surface area contributed by atoms with Gasteiger partial charge in [-0.1, -0.05) is 6.07 Å². The van der Waals surface area contributed by atoms with Gasteiger partial charge in [0, 0.05) is 24.0 Å². The molecule has 5 nitrogen and oxygen atoms in total. The Morgan fingerprint density at radius 3 is 2.48 bits per heavy atom. The molecule has 0 aliphatic rings. The topological polar surface area (TPSA) is 60.5 Å². The molecule has 0 aliphatic heterocycles. The molecule has 0 saturated carbocycles. The maximum Gasteiger partial charge on any atom is 0.258 e. The summed E-state index contributed by atoms with van der Waals surface area (Å²) in [5, 5.41) is 3.89. The van der Waals surface area contributed by atoms with Crippen LogP contribution in [0.4, 0.5) is 0 Å². The fourth-order valence-electron chi connectivity index (χ4n) is 1.96. The van der Waals surface area contributed by atoms with E-state index >= 15 is 0 Å². The SMILES string of the molecule is COc1cccc(OC)c1C(=O)NCCc1ncc(C)s1. The molecule has 2 rings (SSSR count). The Kier molecular flexibility index (Phi) is 5.16. The number of carbonyl (C=O) groups excluding carboxylic acids is 1. The normalized spacial score (nSPS) is 10.2. The fraction of sp³-hybridized carbons (Fsp3) is 0.333. The second-order valence-corrected chi connectivity index (χ2v) is 5.73. The highest BCUT2D eigenvalue weighted by Crippen LogP contribution is 2.27. The molecule has 0 saturated heterocycles. The van der Waals surface area contributed by atoms with Crippen molar-refractivity contribution in [2.75, 3.05) is 20.8 Å². The lowest BCUT2D eigenvalue weighted by Crippen LogP contribution is -2.26. The van der Waals surface area contributed by atoms with Crippen LogP contribution < -0.4 is 14.8 Å². The van der Waals surface area contributed by atoms with Crippen molar-refractivity contribution in [3.8, 4) is 11.5 Å². The summed E-state index contributed by atoms with van der Waals surface area (Å²) in [7, 11) is 3.06. The average molecular weight is 306 g/mol. The number of methoxy groups -OCH3 is 2. The largest absolute Gasteiger partial charge is 0.496 e. The lowest BCUT2D eigenvalue weighted by Gasteiger charge is -2.12. The fourth-order valence-corrected chi connectivity index (χ4v) is 2.75. The van der Waals surface area contributed by atoms with E-state index in [9.17, 15) is 4.79 Å². The zero-order valence-corrected chi connectivity index (χ0v) is 13.1. The molecule has 0 unspecified atom stereocenters. The summed E-state index contributed by atoms with van der Waals surface area (Å²) in [6.45, 7) is 2.53. The first-order valence-electron chi connectivity index (χ1n) is 6.56. The van der Waals surface area contributed by atoms with Crippen molar-refractivity contribution < 1.29 is 14.3 Å². The molecule has 21 heavy (non-hydrogen) atoms. The Labute approximate surface area is 127 Å². The van der Waals surface area contributed by atoms with Gasteiger partial charge in [0.1, 0.15) is 17.1 Å². The van der Waals surface area contributed by atoms with Crippen LogP contribution in [0.1, 0.15) is 20.2 Å². The molecule has 6 heteroatoms. The first kappa shape index (κ1) is 15.3. The highest BCUT2D eigenvalue weighted by molar-refractivity contribution is 7.11. The van der Waals surface area contributed by atoms with Crippen molar-refractivity contribution in [1.82, 2.24) is 10.3 Å². The van der Waals surface area contributed by atoms with Crippen LogP contribution in [0.5, 0.6) is 11.5 Å². The van der Waals surface area contributed by atoms with Gasteiger partial charge >= 0.3 is 0 Å². The number of thiazole rings is 1. The molecule has 0 atom stereocenters. The lowest BCUT2D eigenvalue weighted by molar-refractivity contribution is 0.0948. The van der Waals surface area contributed by atoms with Crippen LogP contribution in [0, 0.1) is 6.92 Å². The third-order valence-corrected chi connectivity index (χ3v) is 3.92. The van der Waals surface area contributed by atoms with E-state index in [0.717, 1.165) is 5.01 Å². The predicted octanol–water partition coefficient (Wildman–Crippen LogP) is 2.44. The number of hydrogen-bond donors (Lipinski definition) is 1. The molecular formula is C15H18N2O3S. The van der Waals surface area contributed by atoms with Crippen LogP contribution in [0.2, 0.25) is 0 Å². The van der Waals surface area contributed by atoms with E-state index < -0.39 is 0 Å². The minimum atomic E-state index is -0.211. The maximum absolute atomic E-state index is 12.3.